The first kappa shape index (κ1) is 17.5. The summed E-state index contributed by atoms with van der Waals surface area (Å²) in [4.78, 5) is 10.7. The van der Waals surface area contributed by atoms with Gasteiger partial charge in [-0.2, -0.15) is 13.2 Å². The van der Waals surface area contributed by atoms with Crippen molar-refractivity contribution in [3.63, 3.8) is 0 Å². The van der Waals surface area contributed by atoms with Crippen LogP contribution in [0, 0.1) is 0 Å². The first-order valence-electron chi connectivity index (χ1n) is 7.72. The van der Waals surface area contributed by atoms with Gasteiger partial charge >= 0.3 is 6.18 Å². The third-order valence-electron chi connectivity index (χ3n) is 3.71. The van der Waals surface area contributed by atoms with Gasteiger partial charge < -0.3 is 10.1 Å². The predicted octanol–water partition coefficient (Wildman–Crippen LogP) is 5.73. The second-order valence-electron chi connectivity index (χ2n) is 5.46. The number of rotatable bonds is 5. The molecule has 0 saturated carbocycles. The van der Waals surface area contributed by atoms with Crippen LogP contribution in [0.2, 0.25) is 0 Å². The molecule has 1 amide bonds. The highest BCUT2D eigenvalue weighted by atomic mass is 19.4. The summed E-state index contributed by atoms with van der Waals surface area (Å²) >= 11 is 0. The summed E-state index contributed by atoms with van der Waals surface area (Å²) < 4.78 is 44.1. The molecule has 3 aromatic rings. The summed E-state index contributed by atoms with van der Waals surface area (Å²) in [5.41, 5.74) is 1.10. The summed E-state index contributed by atoms with van der Waals surface area (Å²) in [6.07, 6.45) is -4.20. The number of halogens is 3. The van der Waals surface area contributed by atoms with Crippen molar-refractivity contribution in [2.24, 2.45) is 0 Å². The van der Waals surface area contributed by atoms with Gasteiger partial charge in [-0.15, -0.1) is 0 Å². The molecule has 26 heavy (non-hydrogen) atoms. The molecule has 0 fully saturated rings. The van der Waals surface area contributed by atoms with Crippen LogP contribution in [0.5, 0.6) is 11.5 Å². The molecule has 0 aliphatic carbocycles. The maximum atomic E-state index is 12.8. The van der Waals surface area contributed by atoms with Gasteiger partial charge in [-0.1, -0.05) is 42.5 Å². The van der Waals surface area contributed by atoms with Gasteiger partial charge in [0.25, 0.3) is 0 Å². The first-order chi connectivity index (χ1) is 12.5. The first-order valence-corrected chi connectivity index (χ1v) is 7.72. The van der Waals surface area contributed by atoms with Gasteiger partial charge in [0.2, 0.25) is 6.41 Å². The van der Waals surface area contributed by atoms with Crippen molar-refractivity contribution in [1.82, 2.24) is 0 Å². The lowest BCUT2D eigenvalue weighted by molar-refractivity contribution is -0.137. The third kappa shape index (κ3) is 4.03. The molecule has 0 spiro atoms. The fourth-order valence-corrected chi connectivity index (χ4v) is 2.44. The number of benzene rings is 3. The molecule has 6 heteroatoms. The molecule has 0 bridgehead atoms. The quantitative estimate of drug-likeness (QED) is 0.592. The van der Waals surface area contributed by atoms with Gasteiger partial charge in [0, 0.05) is 0 Å². The second-order valence-corrected chi connectivity index (χ2v) is 5.46. The van der Waals surface area contributed by atoms with E-state index in [2.05, 4.69) is 5.32 Å². The lowest BCUT2D eigenvalue weighted by Gasteiger charge is -2.14. The van der Waals surface area contributed by atoms with Crippen molar-refractivity contribution in [3.05, 3.63) is 78.4 Å². The van der Waals surface area contributed by atoms with E-state index in [0.717, 1.165) is 23.3 Å². The molecule has 0 heterocycles. The number of carbonyl (C=O) groups excluding carboxylic acids is 1. The molecular weight excluding hydrogens is 343 g/mol. The summed E-state index contributed by atoms with van der Waals surface area (Å²) in [5, 5.41) is 2.24. The van der Waals surface area contributed by atoms with Crippen LogP contribution >= 0.6 is 0 Å². The molecule has 0 unspecified atom stereocenters. The maximum Gasteiger partial charge on any atom is 0.416 e. The molecule has 3 nitrogen and oxygen atoms in total. The van der Waals surface area contributed by atoms with Crippen LogP contribution in [-0.4, -0.2) is 6.41 Å². The minimum atomic E-state index is -4.50. The summed E-state index contributed by atoms with van der Waals surface area (Å²) in [6, 6.07) is 19.8. The lowest BCUT2D eigenvalue weighted by atomic mass is 10.1. The van der Waals surface area contributed by atoms with Crippen LogP contribution in [-0.2, 0) is 11.0 Å². The second kappa shape index (κ2) is 7.31. The molecular formula is C20H14F3NO2. The summed E-state index contributed by atoms with van der Waals surface area (Å²) in [6.45, 7) is 0. The van der Waals surface area contributed by atoms with Crippen molar-refractivity contribution >= 4 is 12.1 Å². The van der Waals surface area contributed by atoms with E-state index in [1.165, 1.54) is 6.07 Å². The molecule has 0 aliphatic heterocycles. The van der Waals surface area contributed by atoms with E-state index in [1.807, 2.05) is 42.5 Å². The number of anilines is 1. The molecule has 1 N–H and O–H groups in total. The monoisotopic (exact) mass is 357 g/mol. The van der Waals surface area contributed by atoms with E-state index >= 15 is 0 Å². The van der Waals surface area contributed by atoms with E-state index in [0.29, 0.717) is 12.2 Å². The highest BCUT2D eigenvalue weighted by Crippen LogP contribution is 2.37. The third-order valence-corrected chi connectivity index (χ3v) is 3.71. The standard InChI is InChI=1S/C20H14F3NO2/c21-20(22,23)16-8-11-19(18(12-16)24-13-25)26-17-9-6-15(7-10-17)14-4-2-1-3-5-14/h1-13H,(H,24,25). The Morgan fingerprint density at radius 3 is 2.12 bits per heavy atom. The van der Waals surface area contributed by atoms with Crippen LogP contribution in [0.15, 0.2) is 72.8 Å². The van der Waals surface area contributed by atoms with Crippen LogP contribution in [0.4, 0.5) is 18.9 Å². The van der Waals surface area contributed by atoms with Gasteiger partial charge in [-0.3, -0.25) is 4.79 Å². The Kier molecular flexibility index (Phi) is 4.93. The predicted molar refractivity (Wildman–Crippen MR) is 93.1 cm³/mol. The zero-order valence-corrected chi connectivity index (χ0v) is 13.5. The molecule has 132 valence electrons. The molecule has 0 atom stereocenters. The van der Waals surface area contributed by atoms with Gasteiger partial charge in [0.15, 0.2) is 5.75 Å². The fraction of sp³-hybridized carbons (Fsp3) is 0.0500. The Morgan fingerprint density at radius 2 is 1.50 bits per heavy atom. The maximum absolute atomic E-state index is 12.8. The average molecular weight is 357 g/mol. The largest absolute Gasteiger partial charge is 0.455 e. The highest BCUT2D eigenvalue weighted by molar-refractivity contribution is 5.76. The van der Waals surface area contributed by atoms with E-state index in [1.54, 1.807) is 12.1 Å². The molecule has 0 aliphatic rings. The van der Waals surface area contributed by atoms with Crippen molar-refractivity contribution in [2.75, 3.05) is 5.32 Å². The van der Waals surface area contributed by atoms with Crippen molar-refractivity contribution < 1.29 is 22.7 Å². The van der Waals surface area contributed by atoms with Gasteiger partial charge in [0.05, 0.1) is 11.3 Å². The zero-order valence-electron chi connectivity index (χ0n) is 13.5. The van der Waals surface area contributed by atoms with Crippen molar-refractivity contribution in [1.29, 1.82) is 0 Å². The number of hydrogen-bond acceptors (Lipinski definition) is 2. The van der Waals surface area contributed by atoms with Crippen LogP contribution in [0.3, 0.4) is 0 Å². The molecule has 3 aromatic carbocycles. The van der Waals surface area contributed by atoms with Crippen molar-refractivity contribution in [2.45, 2.75) is 6.18 Å². The summed E-state index contributed by atoms with van der Waals surface area (Å²) in [5.74, 6) is 0.566. The van der Waals surface area contributed by atoms with E-state index in [9.17, 15) is 18.0 Å². The molecule has 0 radical (unpaired) electrons. The van der Waals surface area contributed by atoms with Crippen LogP contribution in [0.1, 0.15) is 5.56 Å². The zero-order chi connectivity index (χ0) is 18.6. The topological polar surface area (TPSA) is 38.3 Å². The Labute approximate surface area is 148 Å². The molecule has 0 saturated heterocycles. The minimum Gasteiger partial charge on any atom is -0.455 e. The van der Waals surface area contributed by atoms with Crippen LogP contribution < -0.4 is 10.1 Å². The molecule has 3 rings (SSSR count). The Hall–Kier alpha value is -3.28. The smallest absolute Gasteiger partial charge is 0.416 e. The lowest BCUT2D eigenvalue weighted by Crippen LogP contribution is -2.06. The Morgan fingerprint density at radius 1 is 0.846 bits per heavy atom. The van der Waals surface area contributed by atoms with Gasteiger partial charge in [-0.05, 0) is 41.5 Å². The fourth-order valence-electron chi connectivity index (χ4n) is 2.44. The van der Waals surface area contributed by atoms with Gasteiger partial charge in [-0.25, -0.2) is 0 Å². The number of nitrogens with one attached hydrogen (secondary N) is 1. The Bertz CT molecular complexity index is 891. The summed E-state index contributed by atoms with van der Waals surface area (Å²) in [7, 11) is 0. The highest BCUT2D eigenvalue weighted by Gasteiger charge is 2.31. The van der Waals surface area contributed by atoms with E-state index in [4.69, 9.17) is 4.74 Å². The molecule has 0 aromatic heterocycles. The average Bonchev–Trinajstić information content (AvgIpc) is 2.64. The number of amides is 1. The number of carbonyl (C=O) groups is 1. The SMILES string of the molecule is O=CNc1cc(C(F)(F)F)ccc1Oc1ccc(-c2ccccc2)cc1. The van der Waals surface area contributed by atoms with Crippen LogP contribution in [0.25, 0.3) is 11.1 Å². The van der Waals surface area contributed by atoms with Gasteiger partial charge in [0.1, 0.15) is 5.75 Å². The number of alkyl halides is 3. The van der Waals surface area contributed by atoms with E-state index in [-0.39, 0.29) is 11.4 Å². The van der Waals surface area contributed by atoms with E-state index < -0.39 is 11.7 Å². The normalized spacial score (nSPS) is 11.0. The number of hydrogen-bond donors (Lipinski definition) is 1. The minimum absolute atomic E-state index is 0.0537. The van der Waals surface area contributed by atoms with Crippen molar-refractivity contribution in [3.8, 4) is 22.6 Å². The Balaban J connectivity index is 1.85. The number of ether oxygens (including phenoxy) is 1.